The van der Waals surface area contributed by atoms with E-state index in [0.717, 1.165) is 31.3 Å². The quantitative estimate of drug-likeness (QED) is 0.634. The van der Waals surface area contributed by atoms with E-state index in [-0.39, 0.29) is 0 Å². The third-order valence-corrected chi connectivity index (χ3v) is 3.33. The van der Waals surface area contributed by atoms with Crippen molar-refractivity contribution in [1.29, 1.82) is 0 Å². The second kappa shape index (κ2) is 4.08. The van der Waals surface area contributed by atoms with Gasteiger partial charge in [0.15, 0.2) is 5.78 Å². The predicted octanol–water partition coefficient (Wildman–Crippen LogP) is 3.25. The molecule has 1 saturated carbocycles. The number of carbonyl (C=O) groups excluding carboxylic acids is 1. The molecule has 0 atom stereocenters. The van der Waals surface area contributed by atoms with Crippen LogP contribution in [0.5, 0.6) is 0 Å². The third kappa shape index (κ3) is 2.01. The largest absolute Gasteiger partial charge is 0.294 e. The van der Waals surface area contributed by atoms with Gasteiger partial charge in [-0.2, -0.15) is 0 Å². The molecule has 0 N–H and O–H groups in total. The molecular formula is C12H18O. The Morgan fingerprint density at radius 2 is 1.92 bits per heavy atom. The molecule has 0 aliphatic heterocycles. The molecule has 2 aliphatic rings. The van der Waals surface area contributed by atoms with Crippen LogP contribution in [-0.2, 0) is 4.79 Å². The molecule has 2 rings (SSSR count). The first kappa shape index (κ1) is 8.98. The predicted molar refractivity (Wildman–Crippen MR) is 53.5 cm³/mol. The summed E-state index contributed by atoms with van der Waals surface area (Å²) in [5.41, 5.74) is 1.15. The van der Waals surface area contributed by atoms with Crippen molar-refractivity contribution >= 4 is 5.78 Å². The van der Waals surface area contributed by atoms with Crippen molar-refractivity contribution in [3.05, 3.63) is 11.6 Å². The van der Waals surface area contributed by atoms with Crippen LogP contribution < -0.4 is 0 Å². The van der Waals surface area contributed by atoms with Gasteiger partial charge in [0.05, 0.1) is 0 Å². The Kier molecular flexibility index (Phi) is 2.82. The maximum atomic E-state index is 11.9. The minimum absolute atomic E-state index is 0.387. The fraction of sp³-hybridized carbons (Fsp3) is 0.750. The zero-order chi connectivity index (χ0) is 9.10. The normalized spacial score (nSPS) is 24.5. The van der Waals surface area contributed by atoms with Crippen LogP contribution >= 0.6 is 0 Å². The van der Waals surface area contributed by atoms with Gasteiger partial charge in [0.25, 0.3) is 0 Å². The van der Waals surface area contributed by atoms with Gasteiger partial charge in [-0.15, -0.1) is 0 Å². The SMILES string of the molecule is O=C(C1=CCCC1)C1CCCCC1. The molecule has 0 radical (unpaired) electrons. The number of ketones is 1. The number of hydrogen-bond acceptors (Lipinski definition) is 1. The Bertz CT molecular complexity index is 221. The van der Waals surface area contributed by atoms with Gasteiger partial charge in [-0.05, 0) is 37.7 Å². The number of allylic oxidation sites excluding steroid dienone is 2. The molecule has 0 aromatic heterocycles. The summed E-state index contributed by atoms with van der Waals surface area (Å²) >= 11 is 0. The van der Waals surface area contributed by atoms with Crippen LogP contribution in [0, 0.1) is 5.92 Å². The fourth-order valence-corrected chi connectivity index (χ4v) is 2.52. The maximum Gasteiger partial charge on any atom is 0.161 e. The Morgan fingerprint density at radius 1 is 1.15 bits per heavy atom. The van der Waals surface area contributed by atoms with Crippen LogP contribution in [0.4, 0.5) is 0 Å². The van der Waals surface area contributed by atoms with E-state index < -0.39 is 0 Å². The lowest BCUT2D eigenvalue weighted by Gasteiger charge is -2.20. The highest BCUT2D eigenvalue weighted by molar-refractivity contribution is 5.97. The molecule has 1 fully saturated rings. The highest BCUT2D eigenvalue weighted by atomic mass is 16.1. The van der Waals surface area contributed by atoms with Crippen LogP contribution in [0.1, 0.15) is 51.4 Å². The Morgan fingerprint density at radius 3 is 2.54 bits per heavy atom. The Balaban J connectivity index is 1.94. The van der Waals surface area contributed by atoms with Crippen molar-refractivity contribution in [2.24, 2.45) is 5.92 Å². The molecular weight excluding hydrogens is 160 g/mol. The van der Waals surface area contributed by atoms with Gasteiger partial charge < -0.3 is 0 Å². The average molecular weight is 178 g/mol. The molecule has 0 spiro atoms. The van der Waals surface area contributed by atoms with Gasteiger partial charge in [-0.1, -0.05) is 25.3 Å². The van der Waals surface area contributed by atoms with Crippen molar-refractivity contribution in [2.75, 3.05) is 0 Å². The summed E-state index contributed by atoms with van der Waals surface area (Å²) in [5.74, 6) is 0.871. The van der Waals surface area contributed by atoms with Gasteiger partial charge in [0, 0.05) is 5.92 Å². The van der Waals surface area contributed by atoms with E-state index in [1.54, 1.807) is 0 Å². The fourth-order valence-electron chi connectivity index (χ4n) is 2.52. The smallest absolute Gasteiger partial charge is 0.161 e. The van der Waals surface area contributed by atoms with E-state index in [9.17, 15) is 4.79 Å². The summed E-state index contributed by atoms with van der Waals surface area (Å²) in [6.45, 7) is 0. The summed E-state index contributed by atoms with van der Waals surface area (Å²) in [6, 6.07) is 0. The van der Waals surface area contributed by atoms with Crippen molar-refractivity contribution in [3.8, 4) is 0 Å². The van der Waals surface area contributed by atoms with E-state index in [1.807, 2.05) is 0 Å². The molecule has 0 unspecified atom stereocenters. The third-order valence-electron chi connectivity index (χ3n) is 3.33. The second-order valence-corrected chi connectivity index (χ2v) is 4.32. The van der Waals surface area contributed by atoms with Crippen molar-refractivity contribution in [1.82, 2.24) is 0 Å². The van der Waals surface area contributed by atoms with Gasteiger partial charge in [0.1, 0.15) is 0 Å². The van der Waals surface area contributed by atoms with Crippen LogP contribution in [0.2, 0.25) is 0 Å². The van der Waals surface area contributed by atoms with E-state index in [2.05, 4.69) is 6.08 Å². The summed E-state index contributed by atoms with van der Waals surface area (Å²) in [6.07, 6.45) is 11.7. The van der Waals surface area contributed by atoms with E-state index in [4.69, 9.17) is 0 Å². The topological polar surface area (TPSA) is 17.1 Å². The van der Waals surface area contributed by atoms with Crippen molar-refractivity contribution in [3.63, 3.8) is 0 Å². The van der Waals surface area contributed by atoms with E-state index in [1.165, 1.54) is 25.7 Å². The average Bonchev–Trinajstić information content (AvgIpc) is 2.71. The molecule has 0 saturated heterocycles. The molecule has 0 bridgehead atoms. The van der Waals surface area contributed by atoms with Crippen LogP contribution in [-0.4, -0.2) is 5.78 Å². The van der Waals surface area contributed by atoms with Gasteiger partial charge in [-0.3, -0.25) is 4.79 Å². The summed E-state index contributed by atoms with van der Waals surface area (Å²) < 4.78 is 0. The summed E-state index contributed by atoms with van der Waals surface area (Å²) in [5, 5.41) is 0. The van der Waals surface area contributed by atoms with Crippen molar-refractivity contribution < 1.29 is 4.79 Å². The minimum Gasteiger partial charge on any atom is -0.294 e. The molecule has 2 aliphatic carbocycles. The Labute approximate surface area is 80.2 Å². The molecule has 0 aromatic rings. The zero-order valence-electron chi connectivity index (χ0n) is 8.22. The highest BCUT2D eigenvalue weighted by Crippen LogP contribution is 2.29. The van der Waals surface area contributed by atoms with E-state index >= 15 is 0 Å². The molecule has 0 heterocycles. The molecule has 72 valence electrons. The first-order chi connectivity index (χ1) is 6.38. The molecule has 1 heteroatoms. The maximum absolute atomic E-state index is 11.9. The number of hydrogen-bond donors (Lipinski definition) is 0. The van der Waals surface area contributed by atoms with Crippen molar-refractivity contribution in [2.45, 2.75) is 51.4 Å². The lowest BCUT2D eigenvalue weighted by Crippen LogP contribution is -2.18. The monoisotopic (exact) mass is 178 g/mol. The zero-order valence-corrected chi connectivity index (χ0v) is 8.22. The van der Waals surface area contributed by atoms with Gasteiger partial charge in [-0.25, -0.2) is 0 Å². The van der Waals surface area contributed by atoms with Gasteiger partial charge in [0.2, 0.25) is 0 Å². The molecule has 0 aromatic carbocycles. The minimum atomic E-state index is 0.387. The summed E-state index contributed by atoms with van der Waals surface area (Å²) in [7, 11) is 0. The number of carbonyl (C=O) groups is 1. The standard InChI is InChI=1S/C12H18O/c13-12(11-8-4-5-9-11)10-6-2-1-3-7-10/h8,10H,1-7,9H2. The van der Waals surface area contributed by atoms with Crippen LogP contribution in [0.3, 0.4) is 0 Å². The first-order valence-electron chi connectivity index (χ1n) is 5.61. The Hall–Kier alpha value is -0.590. The van der Waals surface area contributed by atoms with Crippen LogP contribution in [0.15, 0.2) is 11.6 Å². The number of rotatable bonds is 2. The highest BCUT2D eigenvalue weighted by Gasteiger charge is 2.24. The second-order valence-electron chi connectivity index (χ2n) is 4.32. The van der Waals surface area contributed by atoms with Crippen LogP contribution in [0.25, 0.3) is 0 Å². The number of Topliss-reactive ketones (excluding diaryl/α,β-unsaturated/α-hetero) is 1. The molecule has 1 nitrogen and oxygen atoms in total. The molecule has 0 amide bonds. The lowest BCUT2D eigenvalue weighted by molar-refractivity contribution is -0.120. The van der Waals surface area contributed by atoms with E-state index in [0.29, 0.717) is 11.7 Å². The van der Waals surface area contributed by atoms with Gasteiger partial charge >= 0.3 is 0 Å². The molecule has 13 heavy (non-hydrogen) atoms. The summed E-state index contributed by atoms with van der Waals surface area (Å²) in [4.78, 5) is 11.9. The lowest BCUT2D eigenvalue weighted by atomic mass is 9.83. The first-order valence-corrected chi connectivity index (χ1v) is 5.61.